The summed E-state index contributed by atoms with van der Waals surface area (Å²) in [4.78, 5) is 22.4. The molecule has 4 nitrogen and oxygen atoms in total. The minimum Gasteiger partial charge on any atom is -0.469 e. The van der Waals surface area contributed by atoms with Crippen LogP contribution in [-0.2, 0) is 19.1 Å². The highest BCUT2D eigenvalue weighted by atomic mass is 16.5. The van der Waals surface area contributed by atoms with E-state index in [1.165, 1.54) is 14.2 Å². The molecule has 0 N–H and O–H groups in total. The number of carbonyl (C=O) groups excluding carboxylic acids is 2. The lowest BCUT2D eigenvalue weighted by Crippen LogP contribution is -2.17. The highest BCUT2D eigenvalue weighted by Crippen LogP contribution is 2.17. The molecule has 0 aliphatic carbocycles. The minimum atomic E-state index is -0.189. The Morgan fingerprint density at radius 2 is 1.62 bits per heavy atom. The summed E-state index contributed by atoms with van der Waals surface area (Å²) in [5.74, 6) is -0.491. The second kappa shape index (κ2) is 8.13. The van der Waals surface area contributed by atoms with Crippen LogP contribution in [0.1, 0.15) is 39.5 Å². The molecule has 0 bridgehead atoms. The summed E-state index contributed by atoms with van der Waals surface area (Å²) in [6, 6.07) is 0. The van der Waals surface area contributed by atoms with Crippen LogP contribution in [0.3, 0.4) is 0 Å². The van der Waals surface area contributed by atoms with E-state index in [-0.39, 0.29) is 23.8 Å². The molecule has 0 aromatic heterocycles. The number of rotatable bonds is 7. The highest BCUT2D eigenvalue weighted by molar-refractivity contribution is 5.72. The number of ether oxygens (including phenoxy) is 2. The van der Waals surface area contributed by atoms with Crippen molar-refractivity contribution in [3.05, 3.63) is 0 Å². The first kappa shape index (κ1) is 14.9. The zero-order valence-corrected chi connectivity index (χ0v) is 10.6. The molecule has 0 radical (unpaired) electrons. The SMILES string of the molecule is CCC(CCCC(C)C(=O)OC)C(=O)OC. The largest absolute Gasteiger partial charge is 0.469 e. The van der Waals surface area contributed by atoms with Gasteiger partial charge in [0.1, 0.15) is 0 Å². The number of esters is 2. The number of hydrogen-bond acceptors (Lipinski definition) is 4. The van der Waals surface area contributed by atoms with Gasteiger partial charge in [0.15, 0.2) is 0 Å². The molecule has 0 amide bonds. The van der Waals surface area contributed by atoms with Crippen molar-refractivity contribution in [2.45, 2.75) is 39.5 Å². The molecule has 0 aliphatic heterocycles. The molecule has 2 unspecified atom stereocenters. The molecular weight excluding hydrogens is 208 g/mol. The van der Waals surface area contributed by atoms with Crippen LogP contribution in [0.25, 0.3) is 0 Å². The van der Waals surface area contributed by atoms with Crippen molar-refractivity contribution in [1.29, 1.82) is 0 Å². The first-order valence-electron chi connectivity index (χ1n) is 5.72. The summed E-state index contributed by atoms with van der Waals surface area (Å²) in [5, 5.41) is 0. The smallest absolute Gasteiger partial charge is 0.308 e. The highest BCUT2D eigenvalue weighted by Gasteiger charge is 2.18. The first-order valence-corrected chi connectivity index (χ1v) is 5.72. The quantitative estimate of drug-likeness (QED) is 0.629. The maximum absolute atomic E-state index is 11.3. The molecule has 0 heterocycles. The van der Waals surface area contributed by atoms with Crippen LogP contribution in [0, 0.1) is 11.8 Å². The standard InChI is InChI=1S/C12H22O4/c1-5-10(12(14)16-4)8-6-7-9(2)11(13)15-3/h9-10H,5-8H2,1-4H3. The van der Waals surface area contributed by atoms with Crippen LogP contribution < -0.4 is 0 Å². The van der Waals surface area contributed by atoms with Crippen LogP contribution in [0.2, 0.25) is 0 Å². The van der Waals surface area contributed by atoms with Gasteiger partial charge in [0.2, 0.25) is 0 Å². The van der Waals surface area contributed by atoms with E-state index in [1.807, 2.05) is 13.8 Å². The number of hydrogen-bond donors (Lipinski definition) is 0. The summed E-state index contributed by atoms with van der Waals surface area (Å²) >= 11 is 0. The van der Waals surface area contributed by atoms with E-state index in [1.54, 1.807) is 0 Å². The predicted molar refractivity (Wildman–Crippen MR) is 60.8 cm³/mol. The summed E-state index contributed by atoms with van der Waals surface area (Å²) in [6.07, 6.45) is 3.13. The molecule has 4 heteroatoms. The van der Waals surface area contributed by atoms with Crippen molar-refractivity contribution < 1.29 is 19.1 Å². The van der Waals surface area contributed by atoms with Gasteiger partial charge in [-0.3, -0.25) is 9.59 Å². The predicted octanol–water partition coefficient (Wildman–Crippen LogP) is 2.17. The first-order chi connectivity index (χ1) is 7.56. The minimum absolute atomic E-state index is 0.0464. The molecule has 0 aromatic rings. The Hall–Kier alpha value is -1.06. The lowest BCUT2D eigenvalue weighted by Gasteiger charge is -2.13. The van der Waals surface area contributed by atoms with Crippen LogP contribution >= 0.6 is 0 Å². The van der Waals surface area contributed by atoms with Gasteiger partial charge in [-0.2, -0.15) is 0 Å². The lowest BCUT2D eigenvalue weighted by atomic mass is 9.96. The third-order valence-corrected chi connectivity index (χ3v) is 2.82. The molecule has 16 heavy (non-hydrogen) atoms. The second-order valence-corrected chi connectivity index (χ2v) is 3.98. The van der Waals surface area contributed by atoms with Gasteiger partial charge in [-0.15, -0.1) is 0 Å². The maximum Gasteiger partial charge on any atom is 0.308 e. The lowest BCUT2D eigenvalue weighted by molar-refractivity contribution is -0.145. The molecule has 0 rings (SSSR count). The fourth-order valence-corrected chi connectivity index (χ4v) is 1.64. The van der Waals surface area contributed by atoms with Crippen LogP contribution in [0.15, 0.2) is 0 Å². The van der Waals surface area contributed by atoms with Gasteiger partial charge >= 0.3 is 11.9 Å². The summed E-state index contributed by atoms with van der Waals surface area (Å²) in [6.45, 7) is 3.80. The molecule has 0 saturated carbocycles. The molecule has 0 aromatic carbocycles. The zero-order chi connectivity index (χ0) is 12.6. The van der Waals surface area contributed by atoms with E-state index in [4.69, 9.17) is 4.74 Å². The molecule has 94 valence electrons. The molecule has 0 spiro atoms. The van der Waals surface area contributed by atoms with Gasteiger partial charge in [0.25, 0.3) is 0 Å². The molecular formula is C12H22O4. The molecule has 0 aliphatic rings. The molecule has 2 atom stereocenters. The normalized spacial score (nSPS) is 14.0. The fourth-order valence-electron chi connectivity index (χ4n) is 1.64. The van der Waals surface area contributed by atoms with Gasteiger partial charge in [-0.05, 0) is 19.3 Å². The Bertz CT molecular complexity index is 225. The average Bonchev–Trinajstić information content (AvgIpc) is 2.32. The second-order valence-electron chi connectivity index (χ2n) is 3.98. The maximum atomic E-state index is 11.3. The van der Waals surface area contributed by atoms with E-state index in [2.05, 4.69) is 4.74 Å². The topological polar surface area (TPSA) is 52.6 Å². The van der Waals surface area contributed by atoms with Crippen LogP contribution in [0.5, 0.6) is 0 Å². The van der Waals surface area contributed by atoms with Gasteiger partial charge in [0, 0.05) is 0 Å². The third kappa shape index (κ3) is 5.14. The number of methoxy groups -OCH3 is 2. The van der Waals surface area contributed by atoms with E-state index in [0.717, 1.165) is 25.7 Å². The molecule has 0 saturated heterocycles. The third-order valence-electron chi connectivity index (χ3n) is 2.82. The van der Waals surface area contributed by atoms with E-state index < -0.39 is 0 Å². The van der Waals surface area contributed by atoms with E-state index >= 15 is 0 Å². The van der Waals surface area contributed by atoms with Crippen molar-refractivity contribution in [3.63, 3.8) is 0 Å². The Morgan fingerprint density at radius 3 is 2.06 bits per heavy atom. The van der Waals surface area contributed by atoms with Gasteiger partial charge < -0.3 is 9.47 Å². The van der Waals surface area contributed by atoms with E-state index in [9.17, 15) is 9.59 Å². The Balaban J connectivity index is 3.87. The van der Waals surface area contributed by atoms with E-state index in [0.29, 0.717) is 0 Å². The van der Waals surface area contributed by atoms with Crippen molar-refractivity contribution >= 4 is 11.9 Å². The average molecular weight is 230 g/mol. The van der Waals surface area contributed by atoms with Crippen molar-refractivity contribution in [2.24, 2.45) is 11.8 Å². The van der Waals surface area contributed by atoms with Crippen LogP contribution in [0.4, 0.5) is 0 Å². The Labute approximate surface area is 97.3 Å². The Morgan fingerprint density at radius 1 is 1.06 bits per heavy atom. The van der Waals surface area contributed by atoms with Crippen molar-refractivity contribution in [3.8, 4) is 0 Å². The van der Waals surface area contributed by atoms with Gasteiger partial charge in [0.05, 0.1) is 26.1 Å². The number of carbonyl (C=O) groups is 2. The van der Waals surface area contributed by atoms with Crippen molar-refractivity contribution in [2.75, 3.05) is 14.2 Å². The fraction of sp³-hybridized carbons (Fsp3) is 0.833. The zero-order valence-electron chi connectivity index (χ0n) is 10.6. The Kier molecular flexibility index (Phi) is 7.60. The summed E-state index contributed by atoms with van der Waals surface area (Å²) < 4.78 is 9.33. The van der Waals surface area contributed by atoms with Crippen LogP contribution in [-0.4, -0.2) is 26.2 Å². The van der Waals surface area contributed by atoms with Gasteiger partial charge in [-0.1, -0.05) is 20.3 Å². The summed E-state index contributed by atoms with van der Waals surface area (Å²) in [5.41, 5.74) is 0. The molecule has 0 fully saturated rings. The van der Waals surface area contributed by atoms with Gasteiger partial charge in [-0.25, -0.2) is 0 Å². The summed E-state index contributed by atoms with van der Waals surface area (Å²) in [7, 11) is 2.80. The van der Waals surface area contributed by atoms with Crippen molar-refractivity contribution in [1.82, 2.24) is 0 Å². The monoisotopic (exact) mass is 230 g/mol.